The maximum absolute atomic E-state index is 16.4. The number of carbonyl (C=O) groups is 14. The number of hydrogen-bond acceptors (Lipinski definition) is 19. The summed E-state index contributed by atoms with van der Waals surface area (Å²) in [5.74, 6) is -8.22. The molecule has 1 fully saturated rings. The molecule has 0 bridgehead atoms. The molecule has 0 spiro atoms. The van der Waals surface area contributed by atoms with Crippen molar-refractivity contribution in [3.05, 3.63) is 71.9 Å². The first-order chi connectivity index (χ1) is 61.2. The zero-order chi connectivity index (χ0) is 99.2. The molecule has 1 saturated heterocycles. The number of H-pyrrole nitrogens is 1. The van der Waals surface area contributed by atoms with E-state index in [1.165, 1.54) is 94.6 Å². The molecule has 32 nitrogen and oxygen atoms in total. The van der Waals surface area contributed by atoms with Crippen LogP contribution in [-0.4, -0.2) is 290 Å². The number of aromatic amines is 1. The van der Waals surface area contributed by atoms with E-state index < -0.39 is 208 Å². The van der Waals surface area contributed by atoms with Gasteiger partial charge in [0.05, 0.1) is 17.8 Å². The lowest BCUT2D eigenvalue weighted by molar-refractivity contribution is -0.168. The average Bonchev–Trinajstić information content (AvgIpc) is 1.69. The van der Waals surface area contributed by atoms with E-state index in [2.05, 4.69) is 54.0 Å². The lowest BCUT2D eigenvalue weighted by Crippen LogP contribution is -2.64. The standard InChI is InChI=1S/C97H155N15O17S2/c1-30-38-61(18)49-62(19)82(129-95(126)71(44-54(4)5)103-84(115)65(22)131-96(127)77(51-67-52-99-70-42-37-36-41-68(67)70)128-94(125)72(104-97(130)98-43-31-2)50-66-39-34-33-35-40-66)81-87(118)102-69(32-3)89(120)106(23)53-78(113)107(24)73(45-55(6)7)86(117)105-79(59(14)15)92(123)108(25)74(46-56(8)9)85(116)100-63(20)83(114)101-64(21)88(119)109(26)75(47-57(10)11)90(121)110(27)76(48-58(12)13)91(122)111(28)80(60(16)17)93(124)112(81)29/h33-37,39-42,52,54-65,69,71-77,79-82,94,99,125H,31-32,43-51,53H2,1-29H3,(H,100,116)(H,101,114)(H,102,118)(H,103,115)(H,105,117)(H2,98,104,130)/t61-,62-,63+,64-,65-,69+,71?,72+,73+,74+,75+,76+,77-,79+,80+,81+,82-,94?/m1/s1. The number of aromatic nitrogens is 1. The Labute approximate surface area is 788 Å². The third-order valence-electron chi connectivity index (χ3n) is 23.8. The first-order valence-corrected chi connectivity index (χ1v) is 47.7. The maximum Gasteiger partial charge on any atom is 0.329 e. The smallest absolute Gasteiger partial charge is 0.329 e. The number of para-hydroxylation sites is 1. The number of rotatable bonds is 33. The lowest BCUT2D eigenvalue weighted by Gasteiger charge is -2.42. The molecular weight excluding hydrogens is 1710 g/mol. The predicted octanol–water partition coefficient (Wildman–Crippen LogP) is 8.00. The number of nitrogens with zero attached hydrogens (tertiary/aromatic N) is 7. The van der Waals surface area contributed by atoms with E-state index in [1.807, 2.05) is 124 Å². The Morgan fingerprint density at radius 1 is 0.557 bits per heavy atom. The number of carbonyl (C=O) groups excluding carboxylic acids is 14. The summed E-state index contributed by atoms with van der Waals surface area (Å²) in [5, 5.41) is 31.6. The first kappa shape index (κ1) is 114. The fourth-order valence-electron chi connectivity index (χ4n) is 16.3. The van der Waals surface area contributed by atoms with Crippen LogP contribution in [0.25, 0.3) is 10.9 Å². The number of thioether (sulfide) groups is 1. The Bertz CT molecular complexity index is 4400. The van der Waals surface area contributed by atoms with Gasteiger partial charge in [-0.3, -0.25) is 62.3 Å². The van der Waals surface area contributed by atoms with Gasteiger partial charge in [0, 0.05) is 85.3 Å². The highest BCUT2D eigenvalue weighted by atomic mass is 32.2. The molecule has 0 aliphatic carbocycles. The van der Waals surface area contributed by atoms with Crippen LogP contribution in [0.3, 0.4) is 0 Å². The van der Waals surface area contributed by atoms with E-state index >= 15 is 38.4 Å². The summed E-state index contributed by atoms with van der Waals surface area (Å²) >= 11 is 6.28. The van der Waals surface area contributed by atoms with Crippen LogP contribution < -0.4 is 37.2 Å². The van der Waals surface area contributed by atoms with E-state index in [0.717, 1.165) is 32.7 Å². The Hall–Kier alpha value is -9.72. The molecule has 3 aromatic rings. The number of nitrogens with one attached hydrogen (secondary N) is 8. The van der Waals surface area contributed by atoms with Crippen LogP contribution in [0, 0.1) is 65.1 Å². The van der Waals surface area contributed by atoms with Crippen molar-refractivity contribution >= 4 is 122 Å². The van der Waals surface area contributed by atoms with Gasteiger partial charge >= 0.3 is 5.97 Å². The van der Waals surface area contributed by atoms with E-state index in [1.54, 1.807) is 68.5 Å². The quantitative estimate of drug-likeness (QED) is 0.0121. The van der Waals surface area contributed by atoms with E-state index in [4.69, 9.17) is 21.7 Å². The Balaban J connectivity index is 2.02. The largest absolute Gasteiger partial charge is 0.458 e. The fourth-order valence-corrected chi connectivity index (χ4v) is 17.4. The summed E-state index contributed by atoms with van der Waals surface area (Å²) in [4.78, 5) is 225. The molecule has 12 amide bonds. The number of aliphatic hydroxyl groups excluding tert-OH is 1. The van der Waals surface area contributed by atoms with Crippen LogP contribution in [0.4, 0.5) is 0 Å². The van der Waals surface area contributed by atoms with E-state index in [9.17, 15) is 33.9 Å². The van der Waals surface area contributed by atoms with E-state index in [-0.39, 0.29) is 92.5 Å². The highest BCUT2D eigenvalue weighted by Gasteiger charge is 2.49. The molecule has 2 unspecified atom stereocenters. The minimum absolute atomic E-state index is 0.0342. The van der Waals surface area contributed by atoms with Crippen molar-refractivity contribution in [1.29, 1.82) is 0 Å². The van der Waals surface area contributed by atoms with Gasteiger partial charge in [0.1, 0.15) is 78.7 Å². The Morgan fingerprint density at radius 3 is 1.62 bits per heavy atom. The highest BCUT2D eigenvalue weighted by Crippen LogP contribution is 2.31. The molecule has 4 rings (SSSR count). The number of likely N-dealkylation sites (N-methyl/N-ethyl adjacent to an activating group) is 7. The predicted molar refractivity (Wildman–Crippen MR) is 514 cm³/mol. The van der Waals surface area contributed by atoms with Crippen LogP contribution in [0.2, 0.25) is 0 Å². The van der Waals surface area contributed by atoms with Crippen molar-refractivity contribution in [3.63, 3.8) is 0 Å². The SMILES string of the molecule is CC#C[C@@H](C)C[C@@H](C)[C@@H](OC(=O)C(CC(C)C)NC(=O)[C@@H](C)SC(=O)[C@@H](Cc1c[nH]c2ccccc12)OC(O)[C@H](Cc1ccccc1)NC(=S)NCCC)[C@H]1C(=O)N[C@@H](CC)C(=O)N(C)CC(=O)N(C)[C@@H](CC(C)C)C(=O)N[C@@H](C(C)C)C(=O)N(C)[C@@H](CC(C)C)C(=O)N[C@@H](C)C(=O)N[C@H](C)C(=O)N(C)[C@@H](CC(C)C)C(=O)N(C)[C@@H](CC(C)C)C(=O)N(C)[C@@H](C(C)C)C(=O)N1C. The molecular formula is C97H155N15O17S2. The second-order valence-electron chi connectivity index (χ2n) is 38.3. The third-order valence-corrected chi connectivity index (χ3v) is 25.1. The molecule has 2 heterocycles. The van der Waals surface area contributed by atoms with E-state index in [0.29, 0.717) is 23.9 Å². The van der Waals surface area contributed by atoms with Gasteiger partial charge < -0.3 is 91.1 Å². The number of fused-ring (bicyclic) bond motifs is 1. The number of esters is 1. The van der Waals surface area contributed by atoms with Crippen molar-refractivity contribution in [2.45, 2.75) is 313 Å². The van der Waals surface area contributed by atoms with Gasteiger partial charge in [0.15, 0.2) is 11.4 Å². The van der Waals surface area contributed by atoms with Crippen molar-refractivity contribution in [1.82, 2.24) is 76.5 Å². The fraction of sp³-hybridized carbons (Fsp3) is 0.680. The molecule has 131 heavy (non-hydrogen) atoms. The number of benzene rings is 2. The molecule has 34 heteroatoms. The zero-order valence-corrected chi connectivity index (χ0v) is 84.8. The van der Waals surface area contributed by atoms with Gasteiger partial charge in [-0.15, -0.1) is 11.8 Å². The first-order valence-electron chi connectivity index (χ1n) is 46.4. The van der Waals surface area contributed by atoms with Gasteiger partial charge in [-0.25, -0.2) is 4.79 Å². The normalized spacial score (nSPS) is 22.8. The number of hydrogen-bond donors (Lipinski definition) is 9. The second kappa shape index (κ2) is 53.8. The van der Waals surface area contributed by atoms with Crippen molar-refractivity contribution in [3.8, 4) is 11.8 Å². The van der Waals surface area contributed by atoms with Gasteiger partial charge in [-0.05, 0) is 162 Å². The summed E-state index contributed by atoms with van der Waals surface area (Å²) in [6.45, 7) is 38.0. The zero-order valence-electron chi connectivity index (χ0n) is 83.1. The van der Waals surface area contributed by atoms with Crippen LogP contribution in [0.5, 0.6) is 0 Å². The maximum atomic E-state index is 16.4. The summed E-state index contributed by atoms with van der Waals surface area (Å²) in [7, 11) is 9.67. The summed E-state index contributed by atoms with van der Waals surface area (Å²) < 4.78 is 13.2. The van der Waals surface area contributed by atoms with Gasteiger partial charge in [0.25, 0.3) is 0 Å². The number of ether oxygens (including phenoxy) is 2. The van der Waals surface area contributed by atoms with Gasteiger partial charge in [0.2, 0.25) is 76.0 Å². The molecule has 1 aromatic heterocycles. The van der Waals surface area contributed by atoms with Crippen LogP contribution in [-0.2, 0) is 89.4 Å². The van der Waals surface area contributed by atoms with Crippen molar-refractivity contribution < 1.29 is 81.7 Å². The second-order valence-corrected chi connectivity index (χ2v) is 40.0. The monoisotopic (exact) mass is 1870 g/mol. The highest BCUT2D eigenvalue weighted by molar-refractivity contribution is 8.14. The van der Waals surface area contributed by atoms with Crippen molar-refractivity contribution in [2.75, 3.05) is 62.4 Å². The summed E-state index contributed by atoms with van der Waals surface area (Å²) in [5.41, 5.74) is 2.28. The van der Waals surface area contributed by atoms with Gasteiger partial charge in [-0.2, -0.15) is 0 Å². The van der Waals surface area contributed by atoms with Crippen LogP contribution in [0.15, 0.2) is 60.8 Å². The minimum Gasteiger partial charge on any atom is -0.458 e. The average molecular weight is 1870 g/mol. The van der Waals surface area contributed by atoms with Crippen LogP contribution >= 0.6 is 24.0 Å². The Morgan fingerprint density at radius 2 is 1.08 bits per heavy atom. The number of amides is 12. The lowest BCUT2D eigenvalue weighted by atomic mass is 9.87. The third kappa shape index (κ3) is 33.8. The molecule has 1 aliphatic heterocycles. The molecule has 9 N–H and O–H groups in total. The molecule has 2 aromatic carbocycles. The summed E-state index contributed by atoms with van der Waals surface area (Å²) in [6, 6.07) is 0.655. The molecule has 0 saturated carbocycles. The summed E-state index contributed by atoms with van der Waals surface area (Å²) in [6.07, 6.45) is -1.89. The van der Waals surface area contributed by atoms with Gasteiger partial charge in [-0.1, -0.05) is 185 Å². The Kier molecular flexibility index (Phi) is 46.7. The van der Waals surface area contributed by atoms with Crippen molar-refractivity contribution in [2.24, 2.45) is 53.3 Å². The molecule has 732 valence electrons. The number of aliphatic hydroxyl groups is 1. The minimum atomic E-state index is -1.92. The van der Waals surface area contributed by atoms with Crippen LogP contribution in [0.1, 0.15) is 215 Å². The molecule has 18 atom stereocenters. The number of thiocarbonyl (C=S) groups is 1. The topological polar surface area (TPSA) is 400 Å². The molecule has 0 radical (unpaired) electrons. The molecule has 1 aliphatic rings.